The van der Waals surface area contributed by atoms with Gasteiger partial charge in [-0.1, -0.05) is 26.0 Å². The van der Waals surface area contributed by atoms with Gasteiger partial charge in [0, 0.05) is 0 Å². The number of nitrogens with zero attached hydrogens (tertiary/aromatic N) is 2. The highest BCUT2D eigenvalue weighted by molar-refractivity contribution is 5.74. The van der Waals surface area contributed by atoms with Crippen LogP contribution in [0.25, 0.3) is 11.0 Å². The Morgan fingerprint density at radius 3 is 2.44 bits per heavy atom. The Labute approximate surface area is 109 Å². The van der Waals surface area contributed by atoms with Crippen molar-refractivity contribution >= 4 is 11.0 Å². The zero-order chi connectivity index (χ0) is 13.0. The molecule has 3 heteroatoms. The standard InChI is InChI=1S/C15H23N3/c1-4-10-18(11-5-2)12(3)15-16-13-8-6-7-9-14(13)17-15/h6-9,12H,4-5,10-11H2,1-3H3,(H,16,17). The average Bonchev–Trinajstić information content (AvgIpc) is 2.81. The van der Waals surface area contributed by atoms with Gasteiger partial charge in [0.25, 0.3) is 0 Å². The average molecular weight is 245 g/mol. The van der Waals surface area contributed by atoms with Crippen molar-refractivity contribution < 1.29 is 0 Å². The fraction of sp³-hybridized carbons (Fsp3) is 0.533. The second-order valence-corrected chi connectivity index (χ2v) is 4.85. The van der Waals surface area contributed by atoms with Crippen LogP contribution in [0.2, 0.25) is 0 Å². The molecule has 1 unspecified atom stereocenters. The van der Waals surface area contributed by atoms with E-state index in [9.17, 15) is 0 Å². The Balaban J connectivity index is 2.22. The van der Waals surface area contributed by atoms with Gasteiger partial charge < -0.3 is 4.98 Å². The minimum atomic E-state index is 0.359. The van der Waals surface area contributed by atoms with Crippen LogP contribution in [0.3, 0.4) is 0 Å². The van der Waals surface area contributed by atoms with E-state index in [1.165, 1.54) is 12.8 Å². The van der Waals surface area contributed by atoms with Crippen molar-refractivity contribution in [3.05, 3.63) is 30.1 Å². The van der Waals surface area contributed by atoms with Crippen molar-refractivity contribution in [2.75, 3.05) is 13.1 Å². The maximum Gasteiger partial charge on any atom is 0.124 e. The molecule has 1 aromatic heterocycles. The zero-order valence-corrected chi connectivity index (χ0v) is 11.6. The number of imidazole rings is 1. The summed E-state index contributed by atoms with van der Waals surface area (Å²) < 4.78 is 0. The first-order chi connectivity index (χ1) is 8.76. The van der Waals surface area contributed by atoms with Crippen molar-refractivity contribution in [2.24, 2.45) is 0 Å². The molecular formula is C15H23N3. The highest BCUT2D eigenvalue weighted by Crippen LogP contribution is 2.21. The molecule has 18 heavy (non-hydrogen) atoms. The van der Waals surface area contributed by atoms with Gasteiger partial charge in [-0.15, -0.1) is 0 Å². The number of benzene rings is 1. The SMILES string of the molecule is CCCN(CCC)C(C)c1nc2ccccc2[nH]1. The lowest BCUT2D eigenvalue weighted by atomic mass is 10.2. The molecule has 0 amide bonds. The van der Waals surface area contributed by atoms with E-state index in [4.69, 9.17) is 4.98 Å². The van der Waals surface area contributed by atoms with E-state index in [0.717, 1.165) is 29.9 Å². The van der Waals surface area contributed by atoms with E-state index in [1.54, 1.807) is 0 Å². The summed E-state index contributed by atoms with van der Waals surface area (Å²) in [5.41, 5.74) is 2.19. The number of nitrogens with one attached hydrogen (secondary N) is 1. The number of fused-ring (bicyclic) bond motifs is 1. The first kappa shape index (κ1) is 13.1. The van der Waals surface area contributed by atoms with Crippen LogP contribution in [-0.2, 0) is 0 Å². The van der Waals surface area contributed by atoms with Crippen molar-refractivity contribution in [1.29, 1.82) is 0 Å². The third-order valence-electron chi connectivity index (χ3n) is 3.37. The molecule has 2 rings (SSSR count). The summed E-state index contributed by atoms with van der Waals surface area (Å²) in [7, 11) is 0. The molecule has 0 bridgehead atoms. The summed E-state index contributed by atoms with van der Waals surface area (Å²) in [5, 5.41) is 0. The largest absolute Gasteiger partial charge is 0.341 e. The lowest BCUT2D eigenvalue weighted by Crippen LogP contribution is -2.29. The molecule has 1 aromatic carbocycles. The topological polar surface area (TPSA) is 31.9 Å². The lowest BCUT2D eigenvalue weighted by molar-refractivity contribution is 0.205. The normalized spacial score (nSPS) is 13.3. The molecule has 0 fully saturated rings. The molecule has 0 aliphatic rings. The smallest absolute Gasteiger partial charge is 0.124 e. The van der Waals surface area contributed by atoms with E-state index in [2.05, 4.69) is 42.8 Å². The first-order valence-electron chi connectivity index (χ1n) is 6.95. The molecule has 0 spiro atoms. The zero-order valence-electron chi connectivity index (χ0n) is 11.6. The number of aromatic nitrogens is 2. The third-order valence-corrected chi connectivity index (χ3v) is 3.37. The molecule has 2 aromatic rings. The van der Waals surface area contributed by atoms with Crippen LogP contribution in [-0.4, -0.2) is 28.0 Å². The van der Waals surface area contributed by atoms with Crippen molar-refractivity contribution in [3.63, 3.8) is 0 Å². The van der Waals surface area contributed by atoms with E-state index >= 15 is 0 Å². The highest BCUT2D eigenvalue weighted by Gasteiger charge is 2.17. The number of hydrogen-bond acceptors (Lipinski definition) is 2. The van der Waals surface area contributed by atoms with Gasteiger partial charge in [0.05, 0.1) is 17.1 Å². The fourth-order valence-electron chi connectivity index (χ4n) is 2.42. The predicted molar refractivity (Wildman–Crippen MR) is 76.7 cm³/mol. The summed E-state index contributed by atoms with van der Waals surface area (Å²) in [6.45, 7) is 8.96. The van der Waals surface area contributed by atoms with Gasteiger partial charge in [0.2, 0.25) is 0 Å². The second-order valence-electron chi connectivity index (χ2n) is 4.85. The minimum Gasteiger partial charge on any atom is -0.341 e. The van der Waals surface area contributed by atoms with Crippen LogP contribution < -0.4 is 0 Å². The van der Waals surface area contributed by atoms with E-state index in [1.807, 2.05) is 12.1 Å². The predicted octanol–water partition coefficient (Wildman–Crippen LogP) is 3.75. The molecule has 1 N–H and O–H groups in total. The Morgan fingerprint density at radius 1 is 1.17 bits per heavy atom. The molecule has 0 radical (unpaired) electrons. The van der Waals surface area contributed by atoms with Crippen LogP contribution in [0.15, 0.2) is 24.3 Å². The van der Waals surface area contributed by atoms with Crippen LogP contribution in [0.1, 0.15) is 45.5 Å². The van der Waals surface area contributed by atoms with Gasteiger partial charge in [-0.05, 0) is 45.0 Å². The Bertz CT molecular complexity index is 450. The molecule has 0 aliphatic carbocycles. The monoisotopic (exact) mass is 245 g/mol. The number of H-pyrrole nitrogens is 1. The molecule has 0 saturated heterocycles. The maximum absolute atomic E-state index is 4.70. The van der Waals surface area contributed by atoms with Crippen molar-refractivity contribution in [2.45, 2.75) is 39.7 Å². The summed E-state index contributed by atoms with van der Waals surface area (Å²) >= 11 is 0. The van der Waals surface area contributed by atoms with Gasteiger partial charge in [-0.2, -0.15) is 0 Å². The number of hydrogen-bond donors (Lipinski definition) is 1. The van der Waals surface area contributed by atoms with Gasteiger partial charge in [-0.3, -0.25) is 4.90 Å². The molecule has 0 aliphatic heterocycles. The second kappa shape index (κ2) is 6.01. The quantitative estimate of drug-likeness (QED) is 0.840. The number of rotatable bonds is 6. The highest BCUT2D eigenvalue weighted by atomic mass is 15.2. The Morgan fingerprint density at radius 2 is 1.83 bits per heavy atom. The van der Waals surface area contributed by atoms with Crippen LogP contribution in [0.5, 0.6) is 0 Å². The molecule has 0 saturated carbocycles. The van der Waals surface area contributed by atoms with E-state index in [0.29, 0.717) is 6.04 Å². The number of aromatic amines is 1. The Kier molecular flexibility index (Phi) is 4.37. The molecule has 1 atom stereocenters. The summed E-state index contributed by atoms with van der Waals surface area (Å²) in [5.74, 6) is 1.08. The van der Waals surface area contributed by atoms with Gasteiger partial charge in [-0.25, -0.2) is 4.98 Å². The molecule has 3 nitrogen and oxygen atoms in total. The number of para-hydroxylation sites is 2. The van der Waals surface area contributed by atoms with Gasteiger partial charge in [0.15, 0.2) is 0 Å². The minimum absolute atomic E-state index is 0.359. The van der Waals surface area contributed by atoms with E-state index < -0.39 is 0 Å². The molecule has 1 heterocycles. The summed E-state index contributed by atoms with van der Waals surface area (Å²) in [4.78, 5) is 10.6. The molecular weight excluding hydrogens is 222 g/mol. The third kappa shape index (κ3) is 2.72. The lowest BCUT2D eigenvalue weighted by Gasteiger charge is -2.26. The van der Waals surface area contributed by atoms with Crippen LogP contribution in [0, 0.1) is 0 Å². The first-order valence-corrected chi connectivity index (χ1v) is 6.95. The molecule has 98 valence electrons. The Hall–Kier alpha value is -1.35. The summed E-state index contributed by atoms with van der Waals surface area (Å²) in [6.07, 6.45) is 2.37. The van der Waals surface area contributed by atoms with E-state index in [-0.39, 0.29) is 0 Å². The van der Waals surface area contributed by atoms with Gasteiger partial charge in [0.1, 0.15) is 5.82 Å². The van der Waals surface area contributed by atoms with Crippen molar-refractivity contribution in [3.8, 4) is 0 Å². The van der Waals surface area contributed by atoms with Crippen LogP contribution in [0.4, 0.5) is 0 Å². The van der Waals surface area contributed by atoms with Gasteiger partial charge >= 0.3 is 0 Å². The summed E-state index contributed by atoms with van der Waals surface area (Å²) in [6, 6.07) is 8.59. The maximum atomic E-state index is 4.70. The fourth-order valence-corrected chi connectivity index (χ4v) is 2.42. The van der Waals surface area contributed by atoms with Crippen molar-refractivity contribution in [1.82, 2.24) is 14.9 Å². The van der Waals surface area contributed by atoms with Crippen LogP contribution >= 0.6 is 0 Å².